The average molecular weight is 616 g/mol. The summed E-state index contributed by atoms with van der Waals surface area (Å²) >= 11 is 22.2. The van der Waals surface area contributed by atoms with Crippen LogP contribution in [-0.2, 0) is 38.5 Å². The highest BCUT2D eigenvalue weighted by atomic mass is 35.5. The quantitative estimate of drug-likeness (QED) is 0.176. The van der Waals surface area contributed by atoms with Gasteiger partial charge in [-0.15, -0.1) is 45.3 Å². The third kappa shape index (κ3) is 4.52. The Kier molecular flexibility index (Phi) is 7.20. The van der Waals surface area contributed by atoms with Crippen LogP contribution in [0.5, 0.6) is 0 Å². The van der Waals surface area contributed by atoms with Gasteiger partial charge in [0.15, 0.2) is 0 Å². The lowest BCUT2D eigenvalue weighted by Crippen LogP contribution is -1.94. The number of fused-ring (bicyclic) bond motifs is 4. The highest BCUT2D eigenvalue weighted by Gasteiger charge is 2.26. The van der Waals surface area contributed by atoms with Crippen LogP contribution in [0.1, 0.15) is 90.0 Å². The van der Waals surface area contributed by atoms with Crippen molar-refractivity contribution in [3.8, 4) is 0 Å². The summed E-state index contributed by atoms with van der Waals surface area (Å²) in [6, 6.07) is 5.01. The lowest BCUT2D eigenvalue weighted by Gasteiger charge is -2.12. The van der Waals surface area contributed by atoms with Crippen LogP contribution in [-0.4, -0.2) is 0 Å². The molecule has 0 unspecified atom stereocenters. The van der Waals surface area contributed by atoms with Crippen molar-refractivity contribution in [3.63, 3.8) is 0 Å². The first-order chi connectivity index (χ1) is 18.5. The van der Waals surface area contributed by atoms with Crippen LogP contribution in [0.15, 0.2) is 12.1 Å². The Hall–Kier alpha value is -0.880. The van der Waals surface area contributed by atoms with Gasteiger partial charge in [-0.1, -0.05) is 36.0 Å². The first-order valence-electron chi connectivity index (χ1n) is 14.0. The van der Waals surface area contributed by atoms with E-state index in [0.29, 0.717) is 0 Å². The number of hydrogen-bond donors (Lipinski definition) is 0. The van der Waals surface area contributed by atoms with Gasteiger partial charge in [-0.3, -0.25) is 0 Å². The first-order valence-corrected chi connectivity index (χ1v) is 18.0. The van der Waals surface area contributed by atoms with Gasteiger partial charge >= 0.3 is 0 Å². The summed E-state index contributed by atoms with van der Waals surface area (Å²) in [5, 5.41) is 4.39. The van der Waals surface area contributed by atoms with Gasteiger partial charge in [-0.05, 0) is 99.6 Å². The van der Waals surface area contributed by atoms with Crippen LogP contribution in [0, 0.1) is 13.8 Å². The van der Waals surface area contributed by atoms with Crippen molar-refractivity contribution in [2.45, 2.75) is 90.9 Å². The Balaban J connectivity index is 1.40. The van der Waals surface area contributed by atoms with Crippen molar-refractivity contribution in [1.29, 1.82) is 0 Å². The molecule has 1 aromatic carbocycles. The molecule has 0 spiro atoms. The molecular weight excluding hydrogens is 584 g/mol. The fourth-order valence-corrected chi connectivity index (χ4v) is 12.2. The van der Waals surface area contributed by atoms with Crippen LogP contribution >= 0.6 is 68.5 Å². The van der Waals surface area contributed by atoms with Crippen LogP contribution in [0.4, 0.5) is 0 Å². The van der Waals surface area contributed by atoms with Gasteiger partial charge in [0.25, 0.3) is 0 Å². The lowest BCUT2D eigenvalue weighted by atomic mass is 9.96. The minimum atomic E-state index is 0.921. The second-order valence-electron chi connectivity index (χ2n) is 11.1. The highest BCUT2D eigenvalue weighted by Crippen LogP contribution is 2.50. The zero-order valence-corrected chi connectivity index (χ0v) is 26.8. The van der Waals surface area contributed by atoms with E-state index < -0.39 is 0 Å². The fraction of sp³-hybridized carbons (Fsp3) is 0.438. The van der Waals surface area contributed by atoms with Gasteiger partial charge in [-0.2, -0.15) is 0 Å². The van der Waals surface area contributed by atoms with Crippen LogP contribution in [0.2, 0.25) is 10.0 Å². The van der Waals surface area contributed by atoms with Crippen LogP contribution in [0.25, 0.3) is 20.2 Å². The molecule has 4 aromatic heterocycles. The Labute approximate surface area is 251 Å². The topological polar surface area (TPSA) is 0 Å². The van der Waals surface area contributed by atoms with E-state index in [1.807, 2.05) is 34.0 Å². The van der Waals surface area contributed by atoms with Crippen molar-refractivity contribution in [2.24, 2.45) is 0 Å². The van der Waals surface area contributed by atoms with Crippen molar-refractivity contribution >= 4 is 88.7 Å². The third-order valence-electron chi connectivity index (χ3n) is 8.47. The van der Waals surface area contributed by atoms with Gasteiger partial charge in [-0.25, -0.2) is 0 Å². The van der Waals surface area contributed by atoms with Crippen molar-refractivity contribution in [2.75, 3.05) is 0 Å². The lowest BCUT2D eigenvalue weighted by molar-refractivity contribution is 0.712. The van der Waals surface area contributed by atoms with Gasteiger partial charge in [0.1, 0.15) is 0 Å². The molecule has 0 saturated heterocycles. The summed E-state index contributed by atoms with van der Waals surface area (Å²) in [5.41, 5.74) is 5.98. The number of thiophene rings is 4. The average Bonchev–Trinajstić information content (AvgIpc) is 3.53. The third-order valence-corrected chi connectivity index (χ3v) is 14.4. The Bertz CT molecular complexity index is 1560. The molecule has 0 nitrogen and oxygen atoms in total. The SMILES string of the molecule is Cc1sc2c(Cc3cc4c(s3)CCCCC4)c3sc(C)c(Cl)c3c(Cc3cc4c(s3)CCCCC4)c2c1Cl. The molecule has 0 N–H and O–H groups in total. The molecule has 6 heteroatoms. The van der Waals surface area contributed by atoms with E-state index in [1.165, 1.54) is 115 Å². The van der Waals surface area contributed by atoms with E-state index in [9.17, 15) is 0 Å². The smallest absolute Gasteiger partial charge is 0.0624 e. The molecule has 0 saturated carbocycles. The van der Waals surface area contributed by atoms with Gasteiger partial charge in [0.05, 0.1) is 10.0 Å². The summed E-state index contributed by atoms with van der Waals surface area (Å²) in [5.74, 6) is 0. The molecule has 0 amide bonds. The fourth-order valence-electron chi connectivity index (χ4n) is 6.56. The molecule has 2 aliphatic rings. The maximum Gasteiger partial charge on any atom is 0.0624 e. The molecule has 7 rings (SSSR count). The van der Waals surface area contributed by atoms with Crippen molar-refractivity contribution in [1.82, 2.24) is 0 Å². The van der Waals surface area contributed by atoms with E-state index >= 15 is 0 Å². The predicted molar refractivity (Wildman–Crippen MR) is 173 cm³/mol. The van der Waals surface area contributed by atoms with Crippen LogP contribution < -0.4 is 0 Å². The number of aryl methyl sites for hydroxylation is 6. The number of hydrogen-bond acceptors (Lipinski definition) is 4. The first kappa shape index (κ1) is 26.0. The molecule has 4 heterocycles. The predicted octanol–water partition coefficient (Wildman–Crippen LogP) is 11.9. The molecule has 2 aliphatic carbocycles. The van der Waals surface area contributed by atoms with E-state index in [1.54, 1.807) is 20.9 Å². The zero-order valence-electron chi connectivity index (χ0n) is 22.0. The Morgan fingerprint density at radius 3 is 1.53 bits per heavy atom. The van der Waals surface area contributed by atoms with E-state index in [0.717, 1.165) is 22.9 Å². The number of rotatable bonds is 4. The largest absolute Gasteiger partial charge is 0.145 e. The minimum absolute atomic E-state index is 0.921. The molecular formula is C32H32Cl2S4. The van der Waals surface area contributed by atoms with Crippen molar-refractivity contribution in [3.05, 3.63) is 73.7 Å². The highest BCUT2D eigenvalue weighted by molar-refractivity contribution is 7.22. The minimum Gasteiger partial charge on any atom is -0.145 e. The second kappa shape index (κ2) is 10.5. The molecule has 0 aliphatic heterocycles. The molecule has 198 valence electrons. The Morgan fingerprint density at radius 2 is 1.03 bits per heavy atom. The van der Waals surface area contributed by atoms with Gasteiger partial charge in [0, 0.05) is 62.3 Å². The maximum atomic E-state index is 7.15. The normalized spacial score (nSPS) is 16.1. The monoisotopic (exact) mass is 614 g/mol. The maximum absolute atomic E-state index is 7.15. The van der Waals surface area contributed by atoms with Gasteiger partial charge < -0.3 is 0 Å². The molecule has 38 heavy (non-hydrogen) atoms. The van der Waals surface area contributed by atoms with Crippen LogP contribution in [0.3, 0.4) is 0 Å². The summed E-state index contributed by atoms with van der Waals surface area (Å²) in [6.07, 6.45) is 14.9. The summed E-state index contributed by atoms with van der Waals surface area (Å²) in [6.45, 7) is 4.37. The van der Waals surface area contributed by atoms with Gasteiger partial charge in [0.2, 0.25) is 0 Å². The standard InChI is InChI=1S/C32H32Cl2S4/c1-17-29(33)27-23(15-21-13-19-9-5-3-7-11-25(19)37-21)28-30(34)18(2)36-32(28)24(31(27)35-17)16-22-14-20-10-6-4-8-12-26(20)38-22/h13-14H,3-12,15-16H2,1-2H3. The summed E-state index contributed by atoms with van der Waals surface area (Å²) in [7, 11) is 0. The Morgan fingerprint density at radius 1 is 0.579 bits per heavy atom. The molecule has 5 aromatic rings. The van der Waals surface area contributed by atoms with E-state index in [4.69, 9.17) is 23.2 Å². The summed E-state index contributed by atoms with van der Waals surface area (Å²) in [4.78, 5) is 8.64. The van der Waals surface area contributed by atoms with E-state index in [-0.39, 0.29) is 0 Å². The molecule has 0 atom stereocenters. The molecule has 0 radical (unpaired) electrons. The van der Waals surface area contributed by atoms with Crippen molar-refractivity contribution < 1.29 is 0 Å². The number of benzene rings is 1. The number of halogens is 2. The van der Waals surface area contributed by atoms with E-state index in [2.05, 4.69) is 37.3 Å². The zero-order chi connectivity index (χ0) is 26.0. The molecule has 0 fully saturated rings. The summed E-state index contributed by atoms with van der Waals surface area (Å²) < 4.78 is 2.77. The molecule has 0 bridgehead atoms. The second-order valence-corrected chi connectivity index (χ2v) is 16.8.